The van der Waals surface area contributed by atoms with Crippen LogP contribution in [0.5, 0.6) is 0 Å². The van der Waals surface area contributed by atoms with Crippen LogP contribution in [-0.2, 0) is 35.3 Å². The van der Waals surface area contributed by atoms with E-state index in [2.05, 4.69) is 51.8 Å². The third-order valence-corrected chi connectivity index (χ3v) is 10.1. The molecule has 0 saturated heterocycles. The minimum atomic E-state index is -1.17. The molecule has 11 N–H and O–H groups in total. The number of carboxylic acids is 1. The fourth-order valence-corrected chi connectivity index (χ4v) is 6.49. The zero-order chi connectivity index (χ0) is 46.3. The van der Waals surface area contributed by atoms with E-state index in [-0.39, 0.29) is 66.0 Å². The van der Waals surface area contributed by atoms with E-state index < -0.39 is 41.8 Å². The van der Waals surface area contributed by atoms with E-state index in [9.17, 15) is 38.7 Å². The fraction of sp³-hybridized carbons (Fsp3) is 0.372. The number of nitrogens with zero attached hydrogens (tertiary/aromatic N) is 5. The van der Waals surface area contributed by atoms with Crippen molar-refractivity contribution in [1.82, 2.24) is 40.8 Å². The van der Waals surface area contributed by atoms with Crippen LogP contribution in [0.2, 0.25) is 0 Å². The number of carboxylic acid groups (broad SMARTS) is 1. The lowest BCUT2D eigenvalue weighted by Crippen LogP contribution is -2.53. The number of imide groups is 1. The highest BCUT2D eigenvalue weighted by Gasteiger charge is 2.27. The Hall–Kier alpha value is -7.71. The molecule has 0 unspecified atom stereocenters. The van der Waals surface area contributed by atoms with Gasteiger partial charge in [-0.15, -0.1) is 0 Å². The fourth-order valence-electron chi connectivity index (χ4n) is 6.49. The molecule has 338 valence electrons. The third kappa shape index (κ3) is 13.6. The van der Waals surface area contributed by atoms with Gasteiger partial charge in [-0.2, -0.15) is 9.97 Å². The first-order valence-electron chi connectivity index (χ1n) is 20.8. The zero-order valence-electron chi connectivity index (χ0n) is 35.7. The van der Waals surface area contributed by atoms with Gasteiger partial charge >= 0.3 is 5.97 Å². The molecule has 0 aliphatic carbocycles. The maximum absolute atomic E-state index is 13.1. The Morgan fingerprint density at radius 1 is 0.750 bits per heavy atom. The zero-order valence-corrected chi connectivity index (χ0v) is 35.7. The average Bonchev–Trinajstić information content (AvgIpc) is 3.58. The van der Waals surface area contributed by atoms with E-state index >= 15 is 0 Å². The summed E-state index contributed by atoms with van der Waals surface area (Å²) in [5, 5.41) is 26.9. The number of nitrogens with one attached hydrogen (secondary N) is 6. The minimum absolute atomic E-state index is 0.00234. The van der Waals surface area contributed by atoms with Crippen molar-refractivity contribution in [2.45, 2.75) is 84.0 Å². The predicted octanol–water partition coefficient (Wildman–Crippen LogP) is 2.34. The summed E-state index contributed by atoms with van der Waals surface area (Å²) in [5.41, 5.74) is 14.8. The molecule has 21 nitrogen and oxygen atoms in total. The summed E-state index contributed by atoms with van der Waals surface area (Å²) in [6.07, 6.45) is 6.41. The molecule has 0 saturated carbocycles. The highest BCUT2D eigenvalue weighted by atomic mass is 16.4. The molecule has 0 bridgehead atoms. The molecule has 1 aliphatic heterocycles. The number of hydrogen-bond acceptors (Lipinski definition) is 15. The van der Waals surface area contributed by atoms with Gasteiger partial charge in [-0.25, -0.2) is 14.8 Å². The molecular formula is C43H53N13O8. The number of fused-ring (bicyclic) bond motifs is 1. The molecule has 4 aromatic rings. The molecule has 0 spiro atoms. The lowest BCUT2D eigenvalue weighted by Gasteiger charge is -2.24. The molecule has 64 heavy (non-hydrogen) atoms. The number of anilines is 5. The molecule has 2 aromatic carbocycles. The monoisotopic (exact) mass is 879 g/mol. The van der Waals surface area contributed by atoms with Crippen molar-refractivity contribution >= 4 is 81.4 Å². The van der Waals surface area contributed by atoms with Crippen LogP contribution >= 0.6 is 0 Å². The highest BCUT2D eigenvalue weighted by Crippen LogP contribution is 2.18. The van der Waals surface area contributed by atoms with Gasteiger partial charge in [0.1, 0.15) is 18.1 Å². The molecular weight excluding hydrogens is 827 g/mol. The molecule has 1 aliphatic rings. The van der Waals surface area contributed by atoms with Gasteiger partial charge in [0.15, 0.2) is 17.0 Å². The molecule has 3 heterocycles. The Labute approximate surface area is 368 Å². The van der Waals surface area contributed by atoms with Crippen molar-refractivity contribution in [3.05, 3.63) is 78.1 Å². The van der Waals surface area contributed by atoms with Crippen LogP contribution in [0.4, 0.5) is 28.8 Å². The summed E-state index contributed by atoms with van der Waals surface area (Å²) in [5.74, 6) is -3.82. The second kappa shape index (κ2) is 22.4. The van der Waals surface area contributed by atoms with E-state index in [1.807, 2.05) is 0 Å². The van der Waals surface area contributed by atoms with Gasteiger partial charge in [-0.05, 0) is 87.1 Å². The van der Waals surface area contributed by atoms with Crippen LogP contribution in [0.3, 0.4) is 0 Å². The predicted molar refractivity (Wildman–Crippen MR) is 238 cm³/mol. The van der Waals surface area contributed by atoms with Gasteiger partial charge in [0.05, 0.1) is 18.4 Å². The lowest BCUT2D eigenvalue weighted by atomic mass is 10.0. The Morgan fingerprint density at radius 2 is 1.41 bits per heavy atom. The smallest absolute Gasteiger partial charge is 0.326 e. The van der Waals surface area contributed by atoms with Gasteiger partial charge in [-0.3, -0.25) is 33.7 Å². The highest BCUT2D eigenvalue weighted by molar-refractivity contribution is 6.12. The maximum Gasteiger partial charge on any atom is 0.326 e. The number of aromatic nitrogens is 4. The Morgan fingerprint density at radius 3 is 2.08 bits per heavy atom. The van der Waals surface area contributed by atoms with Crippen LogP contribution in [0, 0.1) is 5.92 Å². The number of rotatable bonds is 23. The van der Waals surface area contributed by atoms with Crippen molar-refractivity contribution < 1.29 is 38.7 Å². The first-order valence-corrected chi connectivity index (χ1v) is 20.8. The number of unbranched alkanes of at least 4 members (excludes halogenated alkanes) is 2. The first kappa shape index (κ1) is 47.3. The molecule has 3 atom stereocenters. The maximum atomic E-state index is 13.1. The van der Waals surface area contributed by atoms with Crippen LogP contribution in [-0.4, -0.2) is 103 Å². The minimum Gasteiger partial charge on any atom is -0.480 e. The summed E-state index contributed by atoms with van der Waals surface area (Å²) in [4.78, 5) is 105. The van der Waals surface area contributed by atoms with Gasteiger partial charge in [0, 0.05) is 54.3 Å². The van der Waals surface area contributed by atoms with Crippen molar-refractivity contribution in [2.24, 2.45) is 5.92 Å². The summed E-state index contributed by atoms with van der Waals surface area (Å²) >= 11 is 0. The Kier molecular flexibility index (Phi) is 16.6. The lowest BCUT2D eigenvalue weighted by molar-refractivity contribution is -0.139. The van der Waals surface area contributed by atoms with Crippen molar-refractivity contribution in [1.29, 1.82) is 0 Å². The first-order chi connectivity index (χ1) is 30.6. The second-order valence-corrected chi connectivity index (χ2v) is 15.4. The molecule has 2 aromatic heterocycles. The quantitative estimate of drug-likeness (QED) is 0.0381. The molecule has 0 fully saturated rings. The molecule has 6 amide bonds. The SMILES string of the molecule is CC(C)[C@H](NC(=O)CCCCCN1C(=O)C=CC1=O)C(=O)N[C@@H](C)C(=O)Nc1ccc(NCCC[C@H](NC(=O)c2ccc(NCc3cnc4nc(N)nc(N)c4n3)cc2)C(=O)O)cc1. The number of nitrogen functional groups attached to an aromatic ring is 2. The standard InChI is InChI=1S/C43H53N13O8/c1-24(2)35(53-32(57)9-5-4-6-21-56-33(58)18-19-34(56)59)41(62)49-25(3)39(60)51-29-16-14-27(15-17-29)46-20-7-8-31(42(63)64)52-40(61)26-10-12-28(13-11-26)47-22-30-23-48-38-36(50-30)37(44)54-43(45)55-38/h10-19,23-25,31,35,46-47H,4-9,20-22H2,1-3H3,(H,49,62)(H,51,60)(H,52,61)(H,53,57)(H,63,64)(H4,44,45,48,54,55)/t25-,31-,35-/m0/s1. The molecule has 21 heteroatoms. The number of carbonyl (C=O) groups is 7. The van der Waals surface area contributed by atoms with Crippen molar-refractivity contribution in [3.8, 4) is 0 Å². The number of amides is 6. The Bertz CT molecular complexity index is 2360. The summed E-state index contributed by atoms with van der Waals surface area (Å²) in [6, 6.07) is 10.4. The molecule has 5 rings (SSSR count). The van der Waals surface area contributed by atoms with Gasteiger partial charge in [0.25, 0.3) is 17.7 Å². The van der Waals surface area contributed by atoms with Gasteiger partial charge in [-0.1, -0.05) is 20.3 Å². The van der Waals surface area contributed by atoms with Crippen LogP contribution in [0.15, 0.2) is 66.9 Å². The largest absolute Gasteiger partial charge is 0.480 e. The summed E-state index contributed by atoms with van der Waals surface area (Å²) in [7, 11) is 0. The number of hydrogen-bond donors (Lipinski definition) is 9. The van der Waals surface area contributed by atoms with Gasteiger partial charge in [0.2, 0.25) is 23.7 Å². The van der Waals surface area contributed by atoms with E-state index in [4.69, 9.17) is 11.5 Å². The van der Waals surface area contributed by atoms with Crippen LogP contribution in [0.1, 0.15) is 75.3 Å². The van der Waals surface area contributed by atoms with Crippen molar-refractivity contribution in [2.75, 3.05) is 40.5 Å². The van der Waals surface area contributed by atoms with E-state index in [1.165, 1.54) is 25.3 Å². The second-order valence-electron chi connectivity index (χ2n) is 15.4. The third-order valence-electron chi connectivity index (χ3n) is 10.1. The van der Waals surface area contributed by atoms with Gasteiger partial charge < -0.3 is 48.5 Å². The van der Waals surface area contributed by atoms with Crippen molar-refractivity contribution in [3.63, 3.8) is 0 Å². The average molecular weight is 880 g/mol. The number of benzene rings is 2. The van der Waals surface area contributed by atoms with E-state index in [1.54, 1.807) is 62.4 Å². The van der Waals surface area contributed by atoms with Crippen LogP contribution in [0.25, 0.3) is 11.2 Å². The number of carbonyl (C=O) groups excluding carboxylic acids is 6. The summed E-state index contributed by atoms with van der Waals surface area (Å²) < 4.78 is 0. The normalized spacial score (nSPS) is 13.6. The Balaban J connectivity index is 0.984. The topological polar surface area (TPSA) is 319 Å². The van der Waals surface area contributed by atoms with Crippen LogP contribution < -0.4 is 43.4 Å². The summed E-state index contributed by atoms with van der Waals surface area (Å²) in [6.45, 7) is 6.07. The molecule has 0 radical (unpaired) electrons. The van der Waals surface area contributed by atoms with E-state index in [0.29, 0.717) is 67.0 Å². The number of aliphatic carboxylic acids is 1. The van der Waals surface area contributed by atoms with E-state index in [0.717, 1.165) is 4.90 Å². The number of nitrogens with two attached hydrogens (primary N) is 2.